The minimum atomic E-state index is -0.230. The van der Waals surface area contributed by atoms with Crippen LogP contribution in [0, 0.1) is 0 Å². The summed E-state index contributed by atoms with van der Waals surface area (Å²) in [7, 11) is 1.80. The standard InChI is InChI=1S/C19H19N5O2/c1-22-19(23-10-2-3-11-23)16(13-20-22)18(26)21-14-6-8-15(9-7-14)24-12-4-5-17(24)25/h2-3,6-11,13H,4-5,12H2,1H3,(H,21,26). The summed E-state index contributed by atoms with van der Waals surface area (Å²) in [5, 5.41) is 7.09. The lowest BCUT2D eigenvalue weighted by atomic mass is 10.2. The number of nitrogens with zero attached hydrogens (tertiary/aromatic N) is 4. The number of nitrogens with one attached hydrogen (secondary N) is 1. The van der Waals surface area contributed by atoms with Gasteiger partial charge in [0.05, 0.1) is 6.20 Å². The molecule has 0 unspecified atom stereocenters. The van der Waals surface area contributed by atoms with Crippen LogP contribution in [0.3, 0.4) is 0 Å². The molecule has 1 aliphatic heterocycles. The van der Waals surface area contributed by atoms with E-state index in [0.29, 0.717) is 23.5 Å². The van der Waals surface area contributed by atoms with E-state index in [1.165, 1.54) is 0 Å². The average molecular weight is 349 g/mol. The maximum absolute atomic E-state index is 12.7. The first-order chi connectivity index (χ1) is 12.6. The van der Waals surface area contributed by atoms with Crippen molar-refractivity contribution in [1.29, 1.82) is 0 Å². The highest BCUT2D eigenvalue weighted by Gasteiger charge is 2.22. The van der Waals surface area contributed by atoms with Crippen LogP contribution in [-0.2, 0) is 11.8 Å². The van der Waals surface area contributed by atoms with Gasteiger partial charge in [-0.3, -0.25) is 14.3 Å². The zero-order valence-electron chi connectivity index (χ0n) is 14.4. The van der Waals surface area contributed by atoms with Crippen molar-refractivity contribution in [3.63, 3.8) is 0 Å². The molecule has 1 saturated heterocycles. The maximum atomic E-state index is 12.7. The lowest BCUT2D eigenvalue weighted by molar-refractivity contribution is -0.117. The molecule has 0 atom stereocenters. The summed E-state index contributed by atoms with van der Waals surface area (Å²) in [6.45, 7) is 0.750. The normalized spacial score (nSPS) is 14.0. The number of rotatable bonds is 4. The van der Waals surface area contributed by atoms with Crippen molar-refractivity contribution in [2.75, 3.05) is 16.8 Å². The number of benzene rings is 1. The second-order valence-corrected chi connectivity index (χ2v) is 6.25. The molecule has 1 aliphatic rings. The fourth-order valence-corrected chi connectivity index (χ4v) is 3.22. The van der Waals surface area contributed by atoms with Gasteiger partial charge in [-0.2, -0.15) is 5.10 Å². The summed E-state index contributed by atoms with van der Waals surface area (Å²) in [6, 6.07) is 11.1. The second kappa shape index (κ2) is 6.51. The van der Waals surface area contributed by atoms with Crippen LogP contribution in [0.2, 0.25) is 0 Å². The molecule has 3 heterocycles. The molecule has 0 saturated carbocycles. The second-order valence-electron chi connectivity index (χ2n) is 6.25. The molecule has 7 heteroatoms. The summed E-state index contributed by atoms with van der Waals surface area (Å²) in [6.07, 6.45) is 6.79. The van der Waals surface area contributed by atoms with Crippen LogP contribution in [0.5, 0.6) is 0 Å². The Morgan fingerprint density at radius 1 is 1.15 bits per heavy atom. The van der Waals surface area contributed by atoms with Crippen molar-refractivity contribution in [2.24, 2.45) is 7.05 Å². The Balaban J connectivity index is 1.53. The molecule has 2 amide bonds. The number of carbonyl (C=O) groups is 2. The van der Waals surface area contributed by atoms with Gasteiger partial charge in [-0.05, 0) is 42.8 Å². The lowest BCUT2D eigenvalue weighted by Crippen LogP contribution is -2.23. The molecule has 0 aliphatic carbocycles. The van der Waals surface area contributed by atoms with E-state index >= 15 is 0 Å². The number of hydrogen-bond donors (Lipinski definition) is 1. The Bertz CT molecular complexity index is 941. The number of carbonyl (C=O) groups excluding carboxylic acids is 2. The summed E-state index contributed by atoms with van der Waals surface area (Å²) >= 11 is 0. The molecule has 4 rings (SSSR count). The van der Waals surface area contributed by atoms with Crippen LogP contribution in [0.4, 0.5) is 11.4 Å². The summed E-state index contributed by atoms with van der Waals surface area (Å²) < 4.78 is 3.51. The Morgan fingerprint density at radius 3 is 2.54 bits per heavy atom. The zero-order valence-corrected chi connectivity index (χ0v) is 14.4. The molecule has 1 fully saturated rings. The van der Waals surface area contributed by atoms with Gasteiger partial charge in [0.1, 0.15) is 11.4 Å². The number of hydrogen-bond acceptors (Lipinski definition) is 3. The van der Waals surface area contributed by atoms with E-state index in [-0.39, 0.29) is 11.8 Å². The Labute approximate surface area is 150 Å². The largest absolute Gasteiger partial charge is 0.322 e. The molecule has 1 N–H and O–H groups in total. The van der Waals surface area contributed by atoms with Crippen LogP contribution in [0.15, 0.2) is 55.0 Å². The van der Waals surface area contributed by atoms with Crippen LogP contribution in [0.25, 0.3) is 5.82 Å². The third kappa shape index (κ3) is 2.88. The highest BCUT2D eigenvalue weighted by Crippen LogP contribution is 2.23. The Morgan fingerprint density at radius 2 is 1.88 bits per heavy atom. The van der Waals surface area contributed by atoms with Gasteiger partial charge in [-0.1, -0.05) is 0 Å². The van der Waals surface area contributed by atoms with Crippen molar-refractivity contribution in [3.8, 4) is 5.82 Å². The Kier molecular flexibility index (Phi) is 4.04. The van der Waals surface area contributed by atoms with E-state index in [4.69, 9.17) is 0 Å². The first kappa shape index (κ1) is 16.1. The van der Waals surface area contributed by atoms with Crippen LogP contribution < -0.4 is 10.2 Å². The molecule has 2 aromatic heterocycles. The van der Waals surface area contributed by atoms with Gasteiger partial charge < -0.3 is 14.8 Å². The van der Waals surface area contributed by atoms with Gasteiger partial charge in [0.25, 0.3) is 5.91 Å². The monoisotopic (exact) mass is 349 g/mol. The number of anilines is 2. The molecule has 26 heavy (non-hydrogen) atoms. The van der Waals surface area contributed by atoms with Crippen molar-refractivity contribution < 1.29 is 9.59 Å². The van der Waals surface area contributed by atoms with Gasteiger partial charge in [-0.25, -0.2) is 0 Å². The Hall–Kier alpha value is -3.35. The van der Waals surface area contributed by atoms with E-state index in [2.05, 4.69) is 10.4 Å². The molecular formula is C19H19N5O2. The van der Waals surface area contributed by atoms with E-state index in [0.717, 1.165) is 18.7 Å². The summed E-state index contributed by atoms with van der Waals surface area (Å²) in [5.74, 6) is 0.618. The smallest absolute Gasteiger partial charge is 0.261 e. The van der Waals surface area contributed by atoms with E-state index in [1.807, 2.05) is 53.4 Å². The van der Waals surface area contributed by atoms with Crippen molar-refractivity contribution in [2.45, 2.75) is 12.8 Å². The van der Waals surface area contributed by atoms with Crippen LogP contribution in [-0.4, -0.2) is 32.7 Å². The average Bonchev–Trinajstić information content (AvgIpc) is 3.36. The van der Waals surface area contributed by atoms with Gasteiger partial charge in [0.15, 0.2) is 0 Å². The third-order valence-corrected chi connectivity index (χ3v) is 4.51. The molecule has 7 nitrogen and oxygen atoms in total. The zero-order chi connectivity index (χ0) is 18.1. The fourth-order valence-electron chi connectivity index (χ4n) is 3.22. The number of amides is 2. The van der Waals surface area contributed by atoms with E-state index in [1.54, 1.807) is 22.8 Å². The summed E-state index contributed by atoms with van der Waals surface area (Å²) in [5.41, 5.74) is 2.02. The van der Waals surface area contributed by atoms with Crippen molar-refractivity contribution in [3.05, 3.63) is 60.6 Å². The van der Waals surface area contributed by atoms with E-state index in [9.17, 15) is 9.59 Å². The van der Waals surface area contributed by atoms with Crippen LogP contribution >= 0.6 is 0 Å². The van der Waals surface area contributed by atoms with Gasteiger partial charge in [0.2, 0.25) is 5.91 Å². The molecule has 0 spiro atoms. The predicted molar refractivity (Wildman–Crippen MR) is 98.5 cm³/mol. The molecule has 0 bridgehead atoms. The third-order valence-electron chi connectivity index (χ3n) is 4.51. The molecular weight excluding hydrogens is 330 g/mol. The lowest BCUT2D eigenvalue weighted by Gasteiger charge is -2.16. The predicted octanol–water partition coefficient (Wildman–Crippen LogP) is 2.59. The van der Waals surface area contributed by atoms with Gasteiger partial charge in [0, 0.05) is 43.8 Å². The minimum absolute atomic E-state index is 0.147. The molecule has 0 radical (unpaired) electrons. The number of aryl methyl sites for hydroxylation is 1. The highest BCUT2D eigenvalue weighted by atomic mass is 16.2. The van der Waals surface area contributed by atoms with Gasteiger partial charge in [-0.15, -0.1) is 0 Å². The molecule has 132 valence electrons. The number of aromatic nitrogens is 3. The topological polar surface area (TPSA) is 72.2 Å². The maximum Gasteiger partial charge on any atom is 0.261 e. The first-order valence-electron chi connectivity index (χ1n) is 8.50. The SMILES string of the molecule is Cn1ncc(C(=O)Nc2ccc(N3CCCC3=O)cc2)c1-n1cccc1. The molecule has 1 aromatic carbocycles. The van der Waals surface area contributed by atoms with Crippen LogP contribution in [0.1, 0.15) is 23.2 Å². The van der Waals surface area contributed by atoms with E-state index < -0.39 is 0 Å². The molecule has 3 aromatic rings. The van der Waals surface area contributed by atoms with Crippen molar-refractivity contribution in [1.82, 2.24) is 14.3 Å². The minimum Gasteiger partial charge on any atom is -0.322 e. The fraction of sp³-hybridized carbons (Fsp3) is 0.211. The highest BCUT2D eigenvalue weighted by molar-refractivity contribution is 6.06. The first-order valence-corrected chi connectivity index (χ1v) is 8.50. The van der Waals surface area contributed by atoms with Gasteiger partial charge >= 0.3 is 0 Å². The van der Waals surface area contributed by atoms with Crippen molar-refractivity contribution >= 4 is 23.2 Å². The summed E-state index contributed by atoms with van der Waals surface area (Å²) in [4.78, 5) is 26.3. The quantitative estimate of drug-likeness (QED) is 0.787.